The molecule has 1 amide bonds. The minimum absolute atomic E-state index is 0. The first-order chi connectivity index (χ1) is 9.93. The minimum atomic E-state index is -0.980. The van der Waals surface area contributed by atoms with Crippen molar-refractivity contribution in [3.63, 3.8) is 0 Å². The van der Waals surface area contributed by atoms with Gasteiger partial charge in [0.1, 0.15) is 5.54 Å². The fourth-order valence-corrected chi connectivity index (χ4v) is 3.59. The van der Waals surface area contributed by atoms with Crippen LogP contribution in [0.25, 0.3) is 0 Å². The van der Waals surface area contributed by atoms with Gasteiger partial charge < -0.3 is 15.4 Å². The van der Waals surface area contributed by atoms with E-state index in [2.05, 4.69) is 15.9 Å². The fourth-order valence-electron chi connectivity index (χ4n) is 3.33. The molecule has 2 aliphatic heterocycles. The summed E-state index contributed by atoms with van der Waals surface area (Å²) in [6.45, 7) is 4.94. The monoisotopic (exact) mass is 388 g/mol. The first-order valence-corrected chi connectivity index (χ1v) is 8.14. The second-order valence-corrected chi connectivity index (χ2v) is 7.40. The van der Waals surface area contributed by atoms with E-state index in [-0.39, 0.29) is 23.7 Å². The van der Waals surface area contributed by atoms with E-state index in [9.17, 15) is 4.79 Å². The third-order valence-electron chi connectivity index (χ3n) is 4.80. The Balaban J connectivity index is 0.00000176. The van der Waals surface area contributed by atoms with Gasteiger partial charge in [0.05, 0.1) is 6.61 Å². The highest BCUT2D eigenvalue weighted by atomic mass is 79.9. The number of amides is 1. The van der Waals surface area contributed by atoms with Gasteiger partial charge in [-0.3, -0.25) is 4.79 Å². The summed E-state index contributed by atoms with van der Waals surface area (Å²) < 4.78 is 6.50. The standard InChI is InChI=1S/C16H21BrN2O2.ClH/c1-15(18,12-2-4-13(17)5-3-12)14(20)19-8-6-16(10-19)7-9-21-11-16;/h2-5H,6-11,18H2,1H3;1H. The summed E-state index contributed by atoms with van der Waals surface area (Å²) in [5.74, 6) is 0.00796. The van der Waals surface area contributed by atoms with Gasteiger partial charge in [-0.1, -0.05) is 28.1 Å². The number of nitrogens with zero attached hydrogens (tertiary/aromatic N) is 1. The van der Waals surface area contributed by atoms with Crippen molar-refractivity contribution in [3.05, 3.63) is 34.3 Å². The summed E-state index contributed by atoms with van der Waals surface area (Å²) in [6, 6.07) is 7.66. The van der Waals surface area contributed by atoms with Crippen molar-refractivity contribution in [3.8, 4) is 0 Å². The van der Waals surface area contributed by atoms with E-state index in [1.54, 1.807) is 6.92 Å². The van der Waals surface area contributed by atoms with Crippen LogP contribution in [0.2, 0.25) is 0 Å². The Kier molecular flexibility index (Phi) is 5.22. The lowest BCUT2D eigenvalue weighted by Gasteiger charge is -2.30. The quantitative estimate of drug-likeness (QED) is 0.846. The normalized spacial score (nSPS) is 26.8. The predicted octanol–water partition coefficient (Wildman–Crippen LogP) is 2.68. The number of benzene rings is 1. The van der Waals surface area contributed by atoms with Crippen molar-refractivity contribution in [1.82, 2.24) is 4.90 Å². The van der Waals surface area contributed by atoms with E-state index in [0.29, 0.717) is 0 Å². The molecule has 2 N–H and O–H groups in total. The van der Waals surface area contributed by atoms with Gasteiger partial charge >= 0.3 is 0 Å². The minimum Gasteiger partial charge on any atom is -0.381 e. The molecule has 2 aliphatic rings. The van der Waals surface area contributed by atoms with Gasteiger partial charge in [0.2, 0.25) is 5.91 Å². The molecule has 122 valence electrons. The molecule has 2 fully saturated rings. The Bertz CT molecular complexity index is 542. The smallest absolute Gasteiger partial charge is 0.246 e. The number of carbonyl (C=O) groups excluding carboxylic acids is 1. The highest BCUT2D eigenvalue weighted by Gasteiger charge is 2.45. The average molecular weight is 390 g/mol. The van der Waals surface area contributed by atoms with E-state index in [1.165, 1.54) is 0 Å². The summed E-state index contributed by atoms with van der Waals surface area (Å²) in [5, 5.41) is 0. The second kappa shape index (κ2) is 6.48. The average Bonchev–Trinajstić information content (AvgIpc) is 3.09. The van der Waals surface area contributed by atoms with Gasteiger partial charge in [0, 0.05) is 29.6 Å². The first kappa shape index (κ1) is 17.7. The molecule has 0 radical (unpaired) electrons. The molecule has 0 bridgehead atoms. The maximum absolute atomic E-state index is 12.8. The van der Waals surface area contributed by atoms with Crippen LogP contribution in [0.15, 0.2) is 28.7 Å². The molecule has 22 heavy (non-hydrogen) atoms. The molecule has 2 saturated heterocycles. The molecule has 2 atom stereocenters. The van der Waals surface area contributed by atoms with E-state index in [1.807, 2.05) is 29.2 Å². The lowest BCUT2D eigenvalue weighted by molar-refractivity contribution is -0.136. The van der Waals surface area contributed by atoms with E-state index >= 15 is 0 Å². The summed E-state index contributed by atoms with van der Waals surface area (Å²) in [5.41, 5.74) is 6.40. The number of nitrogens with two attached hydrogens (primary N) is 1. The third kappa shape index (κ3) is 3.18. The molecule has 2 heterocycles. The number of rotatable bonds is 2. The number of ether oxygens (including phenoxy) is 1. The van der Waals surface area contributed by atoms with Crippen LogP contribution in [0.4, 0.5) is 0 Å². The van der Waals surface area contributed by atoms with E-state index in [0.717, 1.165) is 49.2 Å². The van der Waals surface area contributed by atoms with Gasteiger partial charge in [0.25, 0.3) is 0 Å². The number of halogens is 2. The molecule has 2 unspecified atom stereocenters. The van der Waals surface area contributed by atoms with Gasteiger partial charge in [-0.05, 0) is 37.5 Å². The highest BCUT2D eigenvalue weighted by molar-refractivity contribution is 9.10. The Morgan fingerprint density at radius 1 is 1.36 bits per heavy atom. The molecule has 1 aromatic rings. The molecule has 0 aliphatic carbocycles. The zero-order valence-corrected chi connectivity index (χ0v) is 15.1. The molecule has 0 saturated carbocycles. The highest BCUT2D eigenvalue weighted by Crippen LogP contribution is 2.39. The Morgan fingerprint density at radius 3 is 2.64 bits per heavy atom. The number of hydrogen-bond donors (Lipinski definition) is 1. The van der Waals surface area contributed by atoms with Crippen molar-refractivity contribution in [2.45, 2.75) is 25.3 Å². The lowest BCUT2D eigenvalue weighted by atomic mass is 9.86. The van der Waals surface area contributed by atoms with Crippen LogP contribution in [0.5, 0.6) is 0 Å². The van der Waals surface area contributed by atoms with Crippen LogP contribution in [0, 0.1) is 5.41 Å². The van der Waals surface area contributed by atoms with Crippen molar-refractivity contribution in [2.75, 3.05) is 26.3 Å². The van der Waals surface area contributed by atoms with Crippen LogP contribution in [0.3, 0.4) is 0 Å². The van der Waals surface area contributed by atoms with Crippen molar-refractivity contribution >= 4 is 34.2 Å². The molecule has 1 aromatic carbocycles. The summed E-state index contributed by atoms with van der Waals surface area (Å²) in [7, 11) is 0. The van der Waals surface area contributed by atoms with Crippen molar-refractivity contribution in [2.24, 2.45) is 11.1 Å². The topological polar surface area (TPSA) is 55.6 Å². The predicted molar refractivity (Wildman–Crippen MR) is 92.0 cm³/mol. The van der Waals surface area contributed by atoms with Crippen molar-refractivity contribution in [1.29, 1.82) is 0 Å². The van der Waals surface area contributed by atoms with E-state index < -0.39 is 5.54 Å². The number of hydrogen-bond acceptors (Lipinski definition) is 3. The van der Waals surface area contributed by atoms with Gasteiger partial charge in [-0.2, -0.15) is 0 Å². The molecule has 6 heteroatoms. The molecule has 4 nitrogen and oxygen atoms in total. The summed E-state index contributed by atoms with van der Waals surface area (Å²) in [4.78, 5) is 14.8. The summed E-state index contributed by atoms with van der Waals surface area (Å²) in [6.07, 6.45) is 2.07. The Labute approximate surface area is 145 Å². The lowest BCUT2D eigenvalue weighted by Crippen LogP contribution is -2.50. The zero-order valence-electron chi connectivity index (χ0n) is 12.7. The molecule has 1 spiro atoms. The van der Waals surface area contributed by atoms with Gasteiger partial charge in [-0.15, -0.1) is 12.4 Å². The SMILES string of the molecule is CC(N)(C(=O)N1CCC2(CCOC2)C1)c1ccc(Br)cc1.Cl. The summed E-state index contributed by atoms with van der Waals surface area (Å²) >= 11 is 3.41. The number of carbonyl (C=O) groups is 1. The van der Waals surface area contributed by atoms with Crippen molar-refractivity contribution < 1.29 is 9.53 Å². The molecule has 3 rings (SSSR count). The maximum atomic E-state index is 12.8. The third-order valence-corrected chi connectivity index (χ3v) is 5.33. The number of likely N-dealkylation sites (tertiary alicyclic amines) is 1. The maximum Gasteiger partial charge on any atom is 0.246 e. The zero-order chi connectivity index (χ0) is 15.1. The molecular weight excluding hydrogens is 368 g/mol. The second-order valence-electron chi connectivity index (χ2n) is 6.49. The fraction of sp³-hybridized carbons (Fsp3) is 0.562. The Morgan fingerprint density at radius 2 is 2.05 bits per heavy atom. The molecule has 0 aromatic heterocycles. The van der Waals surface area contributed by atoms with Gasteiger partial charge in [0.15, 0.2) is 0 Å². The van der Waals surface area contributed by atoms with E-state index in [4.69, 9.17) is 10.5 Å². The van der Waals surface area contributed by atoms with Crippen LogP contribution in [-0.2, 0) is 15.1 Å². The van der Waals surface area contributed by atoms with Crippen LogP contribution >= 0.6 is 28.3 Å². The Hall–Kier alpha value is -0.620. The van der Waals surface area contributed by atoms with Crippen LogP contribution in [-0.4, -0.2) is 37.1 Å². The molecular formula is C16H22BrClN2O2. The van der Waals surface area contributed by atoms with Crippen LogP contribution < -0.4 is 5.73 Å². The first-order valence-electron chi connectivity index (χ1n) is 7.35. The largest absolute Gasteiger partial charge is 0.381 e. The van der Waals surface area contributed by atoms with Crippen LogP contribution in [0.1, 0.15) is 25.3 Å². The van der Waals surface area contributed by atoms with Gasteiger partial charge in [-0.25, -0.2) is 0 Å².